The second-order valence-corrected chi connectivity index (χ2v) is 5.78. The van der Waals surface area contributed by atoms with E-state index in [1.54, 1.807) is 25.1 Å². The summed E-state index contributed by atoms with van der Waals surface area (Å²) in [5.74, 6) is 0.586. The predicted molar refractivity (Wildman–Crippen MR) is 82.5 cm³/mol. The number of hydrogen-bond donors (Lipinski definition) is 2. The van der Waals surface area contributed by atoms with E-state index in [2.05, 4.69) is 10.1 Å². The van der Waals surface area contributed by atoms with Gasteiger partial charge in [-0.2, -0.15) is 8.78 Å². The van der Waals surface area contributed by atoms with Gasteiger partial charge in [-0.15, -0.1) is 0 Å². The number of ether oxygens (including phenoxy) is 1. The first-order valence-electron chi connectivity index (χ1n) is 7.31. The van der Waals surface area contributed by atoms with Crippen molar-refractivity contribution in [3.8, 4) is 5.75 Å². The molecule has 6 heteroatoms. The van der Waals surface area contributed by atoms with Crippen LogP contribution < -0.4 is 10.1 Å². The van der Waals surface area contributed by atoms with Crippen molar-refractivity contribution in [3.05, 3.63) is 53.0 Å². The summed E-state index contributed by atoms with van der Waals surface area (Å²) in [6.07, 6.45) is 1.49. The Hall–Kier alpha value is -1.92. The monoisotopic (exact) mass is 325 g/mol. The van der Waals surface area contributed by atoms with E-state index >= 15 is 0 Å². The maximum atomic E-state index is 12.5. The summed E-state index contributed by atoms with van der Waals surface area (Å²) in [6.45, 7) is 3.00. The fraction of sp³-hybridized carbons (Fsp3) is 0.412. The number of halogens is 2. The third kappa shape index (κ3) is 4.53. The lowest BCUT2D eigenvalue weighted by atomic mass is 10.0. The van der Waals surface area contributed by atoms with E-state index in [1.807, 2.05) is 19.9 Å². The van der Waals surface area contributed by atoms with Gasteiger partial charge in [0.2, 0.25) is 0 Å². The van der Waals surface area contributed by atoms with Gasteiger partial charge in [-0.1, -0.05) is 6.07 Å². The molecule has 0 spiro atoms. The molecule has 0 saturated heterocycles. The van der Waals surface area contributed by atoms with Gasteiger partial charge in [-0.05, 0) is 50.1 Å². The van der Waals surface area contributed by atoms with Crippen LogP contribution in [0.25, 0.3) is 0 Å². The molecule has 1 atom stereocenters. The summed E-state index contributed by atoms with van der Waals surface area (Å²) in [5, 5.41) is 13.4. The van der Waals surface area contributed by atoms with Crippen LogP contribution in [0.3, 0.4) is 0 Å². The molecule has 0 amide bonds. The molecule has 1 unspecified atom stereocenters. The molecule has 0 aliphatic rings. The average molecular weight is 325 g/mol. The molecule has 2 rings (SSSR count). The smallest absolute Gasteiger partial charge is 0.387 e. The fourth-order valence-corrected chi connectivity index (χ4v) is 2.31. The van der Waals surface area contributed by atoms with E-state index < -0.39 is 12.2 Å². The molecular formula is C17H21F2NO3. The number of aliphatic hydroxyl groups is 1. The molecule has 0 bridgehead atoms. The molecule has 1 aromatic carbocycles. The van der Waals surface area contributed by atoms with Crippen LogP contribution in [0.15, 0.2) is 34.9 Å². The summed E-state index contributed by atoms with van der Waals surface area (Å²) in [7, 11) is 0. The van der Waals surface area contributed by atoms with Gasteiger partial charge in [-0.25, -0.2) is 0 Å². The quantitative estimate of drug-likeness (QED) is 0.818. The zero-order chi connectivity index (χ0) is 17.0. The number of nitrogens with one attached hydrogen (secondary N) is 1. The molecule has 0 radical (unpaired) electrons. The molecule has 0 aliphatic carbocycles. The summed E-state index contributed by atoms with van der Waals surface area (Å²) >= 11 is 0. The van der Waals surface area contributed by atoms with Gasteiger partial charge in [0.1, 0.15) is 17.1 Å². The largest absolute Gasteiger partial charge is 0.466 e. The lowest BCUT2D eigenvalue weighted by Crippen LogP contribution is -2.34. The van der Waals surface area contributed by atoms with Crippen molar-refractivity contribution in [3.63, 3.8) is 0 Å². The summed E-state index contributed by atoms with van der Waals surface area (Å²) in [5.41, 5.74) is 1.30. The van der Waals surface area contributed by atoms with E-state index in [4.69, 9.17) is 4.42 Å². The zero-order valence-corrected chi connectivity index (χ0v) is 13.4. The standard InChI is InChI=1S/C17H21F2NO3/c1-11-7-13(14(8-12(11)2)23-16(18)19)9-20-10-17(3,21)15-5-4-6-22-15/h4-8,16,20-21H,9-10H2,1-3H3. The predicted octanol–water partition coefficient (Wildman–Crippen LogP) is 3.50. The van der Waals surface area contributed by atoms with Gasteiger partial charge in [0.15, 0.2) is 0 Å². The Morgan fingerprint density at radius 2 is 2.00 bits per heavy atom. The van der Waals surface area contributed by atoms with Gasteiger partial charge in [0.05, 0.1) is 6.26 Å². The van der Waals surface area contributed by atoms with E-state index in [1.165, 1.54) is 6.26 Å². The Labute approximate surface area is 134 Å². The number of rotatable bonds is 7. The van der Waals surface area contributed by atoms with Gasteiger partial charge in [0, 0.05) is 18.7 Å². The van der Waals surface area contributed by atoms with Crippen molar-refractivity contribution in [2.45, 2.75) is 39.5 Å². The van der Waals surface area contributed by atoms with Crippen molar-refractivity contribution in [2.24, 2.45) is 0 Å². The number of aryl methyl sites for hydroxylation is 2. The highest BCUT2D eigenvalue weighted by atomic mass is 19.3. The molecule has 1 aromatic heterocycles. The minimum atomic E-state index is -2.87. The SMILES string of the molecule is Cc1cc(CNCC(C)(O)c2ccco2)c(OC(F)F)cc1C. The van der Waals surface area contributed by atoms with Crippen LogP contribution in [0.2, 0.25) is 0 Å². The molecule has 4 nitrogen and oxygen atoms in total. The average Bonchev–Trinajstić information content (AvgIpc) is 2.98. The molecule has 2 aromatic rings. The maximum Gasteiger partial charge on any atom is 0.387 e. The second kappa shape index (κ2) is 7.10. The lowest BCUT2D eigenvalue weighted by molar-refractivity contribution is -0.0506. The first kappa shape index (κ1) is 17.4. The molecule has 1 heterocycles. The zero-order valence-electron chi connectivity index (χ0n) is 13.4. The van der Waals surface area contributed by atoms with Crippen molar-refractivity contribution >= 4 is 0 Å². The number of furan rings is 1. The highest BCUT2D eigenvalue weighted by Gasteiger charge is 2.25. The Morgan fingerprint density at radius 1 is 1.30 bits per heavy atom. The van der Waals surface area contributed by atoms with Gasteiger partial charge < -0.3 is 19.6 Å². The Kier molecular flexibility index (Phi) is 5.38. The topological polar surface area (TPSA) is 54.6 Å². The highest BCUT2D eigenvalue weighted by Crippen LogP contribution is 2.26. The van der Waals surface area contributed by atoms with Gasteiger partial charge in [-0.3, -0.25) is 0 Å². The number of benzene rings is 1. The third-order valence-corrected chi connectivity index (χ3v) is 3.73. The Bertz CT molecular complexity index is 640. The fourth-order valence-electron chi connectivity index (χ4n) is 2.31. The second-order valence-electron chi connectivity index (χ2n) is 5.78. The van der Waals surface area contributed by atoms with Crippen molar-refractivity contribution in [1.82, 2.24) is 5.32 Å². The van der Waals surface area contributed by atoms with Gasteiger partial charge in [0.25, 0.3) is 0 Å². The Morgan fingerprint density at radius 3 is 2.61 bits per heavy atom. The van der Waals surface area contributed by atoms with Crippen LogP contribution in [0, 0.1) is 13.8 Å². The molecule has 2 N–H and O–H groups in total. The van der Waals surface area contributed by atoms with Crippen LogP contribution in [-0.2, 0) is 12.1 Å². The minimum absolute atomic E-state index is 0.147. The van der Waals surface area contributed by atoms with Crippen molar-refractivity contribution in [2.75, 3.05) is 6.54 Å². The summed E-state index contributed by atoms with van der Waals surface area (Å²) in [6, 6.07) is 6.79. The third-order valence-electron chi connectivity index (χ3n) is 3.73. The van der Waals surface area contributed by atoms with Crippen molar-refractivity contribution < 1.29 is 23.0 Å². The van der Waals surface area contributed by atoms with Crippen LogP contribution in [-0.4, -0.2) is 18.3 Å². The minimum Gasteiger partial charge on any atom is -0.466 e. The molecule has 0 aliphatic heterocycles. The Balaban J connectivity index is 2.06. The highest BCUT2D eigenvalue weighted by molar-refractivity contribution is 5.41. The molecule has 23 heavy (non-hydrogen) atoms. The number of alkyl halides is 2. The van der Waals surface area contributed by atoms with Gasteiger partial charge >= 0.3 is 6.61 Å². The van der Waals surface area contributed by atoms with E-state index in [9.17, 15) is 13.9 Å². The molecule has 0 saturated carbocycles. The van der Waals surface area contributed by atoms with Crippen LogP contribution >= 0.6 is 0 Å². The normalized spacial score (nSPS) is 14.0. The van der Waals surface area contributed by atoms with Crippen LogP contribution in [0.4, 0.5) is 8.78 Å². The lowest BCUT2D eigenvalue weighted by Gasteiger charge is -2.22. The van der Waals surface area contributed by atoms with E-state index in [0.29, 0.717) is 17.9 Å². The molecule has 0 fully saturated rings. The molecular weight excluding hydrogens is 304 g/mol. The number of hydrogen-bond acceptors (Lipinski definition) is 4. The van der Waals surface area contributed by atoms with Crippen molar-refractivity contribution in [1.29, 1.82) is 0 Å². The van der Waals surface area contributed by atoms with Crippen LogP contribution in [0.1, 0.15) is 29.4 Å². The van der Waals surface area contributed by atoms with E-state index in [-0.39, 0.29) is 12.3 Å². The first-order chi connectivity index (χ1) is 10.8. The van der Waals surface area contributed by atoms with E-state index in [0.717, 1.165) is 11.1 Å². The molecule has 126 valence electrons. The van der Waals surface area contributed by atoms with Crippen LogP contribution in [0.5, 0.6) is 5.75 Å². The summed E-state index contributed by atoms with van der Waals surface area (Å²) < 4.78 is 34.9. The maximum absolute atomic E-state index is 12.5. The summed E-state index contributed by atoms with van der Waals surface area (Å²) in [4.78, 5) is 0. The first-order valence-corrected chi connectivity index (χ1v) is 7.31.